The van der Waals surface area contributed by atoms with Gasteiger partial charge in [-0.2, -0.15) is 0 Å². The summed E-state index contributed by atoms with van der Waals surface area (Å²) < 4.78 is 16.2. The number of anilines is 1. The van der Waals surface area contributed by atoms with Crippen LogP contribution in [0.2, 0.25) is 0 Å². The summed E-state index contributed by atoms with van der Waals surface area (Å²) in [4.78, 5) is 26.6. The van der Waals surface area contributed by atoms with Crippen LogP contribution in [0.3, 0.4) is 0 Å². The van der Waals surface area contributed by atoms with Crippen molar-refractivity contribution in [3.05, 3.63) is 53.6 Å². The first kappa shape index (κ1) is 18.2. The van der Waals surface area contributed by atoms with E-state index in [0.29, 0.717) is 48.7 Å². The van der Waals surface area contributed by atoms with E-state index < -0.39 is 5.60 Å². The molecule has 7 heteroatoms. The molecular formula is C21H22N2O5. The Labute approximate surface area is 163 Å². The van der Waals surface area contributed by atoms with E-state index in [-0.39, 0.29) is 12.0 Å². The molecule has 1 saturated heterocycles. The number of amides is 2. The zero-order chi connectivity index (χ0) is 19.7. The highest BCUT2D eigenvalue weighted by Crippen LogP contribution is 2.44. The van der Waals surface area contributed by atoms with Crippen molar-refractivity contribution < 1.29 is 23.8 Å². The number of benzene rings is 2. The third-order valence-electron chi connectivity index (χ3n) is 5.43. The topological polar surface area (TPSA) is 77.1 Å². The second-order valence-corrected chi connectivity index (χ2v) is 6.91. The van der Waals surface area contributed by atoms with E-state index in [4.69, 9.17) is 14.2 Å². The van der Waals surface area contributed by atoms with Gasteiger partial charge in [-0.1, -0.05) is 18.2 Å². The Kier molecular flexibility index (Phi) is 4.58. The number of ether oxygens (including phenoxy) is 3. The second kappa shape index (κ2) is 7.07. The molecule has 0 aliphatic carbocycles. The van der Waals surface area contributed by atoms with Gasteiger partial charge < -0.3 is 24.4 Å². The van der Waals surface area contributed by atoms with Gasteiger partial charge in [-0.15, -0.1) is 0 Å². The SMILES string of the molecule is COc1ccc(NC(=O)N2CCC3(CC2)OC(=O)c2ccccc23)c(OC)c1. The summed E-state index contributed by atoms with van der Waals surface area (Å²) in [6.45, 7) is 0.984. The number of esters is 1. The second-order valence-electron chi connectivity index (χ2n) is 6.91. The molecule has 2 amide bonds. The molecule has 4 rings (SSSR count). The van der Waals surface area contributed by atoms with Gasteiger partial charge in [0.2, 0.25) is 0 Å². The van der Waals surface area contributed by atoms with E-state index >= 15 is 0 Å². The molecule has 1 fully saturated rings. The van der Waals surface area contributed by atoms with Crippen LogP contribution >= 0.6 is 0 Å². The first-order valence-corrected chi connectivity index (χ1v) is 9.17. The van der Waals surface area contributed by atoms with E-state index in [2.05, 4.69) is 5.32 Å². The first-order valence-electron chi connectivity index (χ1n) is 9.17. The fourth-order valence-electron chi connectivity index (χ4n) is 3.88. The number of carbonyl (C=O) groups is 2. The maximum absolute atomic E-state index is 12.7. The zero-order valence-electron chi connectivity index (χ0n) is 15.9. The highest BCUT2D eigenvalue weighted by atomic mass is 16.6. The fraction of sp³-hybridized carbons (Fsp3) is 0.333. The standard InChI is InChI=1S/C21H22N2O5/c1-26-14-7-8-17(18(13-14)27-2)22-20(25)23-11-9-21(10-12-23)16-6-4-3-5-15(16)19(24)28-21/h3-8,13H,9-12H2,1-2H3,(H,22,25). The minimum atomic E-state index is -0.623. The number of carbonyl (C=O) groups excluding carboxylic acids is 2. The van der Waals surface area contributed by atoms with Crippen molar-refractivity contribution in [3.63, 3.8) is 0 Å². The number of nitrogens with one attached hydrogen (secondary N) is 1. The number of nitrogens with zero attached hydrogens (tertiary/aromatic N) is 1. The van der Waals surface area contributed by atoms with Gasteiger partial charge in [0.05, 0.1) is 25.5 Å². The Morgan fingerprint density at radius 3 is 2.57 bits per heavy atom. The third kappa shape index (κ3) is 3.02. The van der Waals surface area contributed by atoms with Crippen LogP contribution in [0.15, 0.2) is 42.5 Å². The van der Waals surface area contributed by atoms with Crippen LogP contribution in [0.4, 0.5) is 10.5 Å². The van der Waals surface area contributed by atoms with Crippen molar-refractivity contribution in [2.75, 3.05) is 32.6 Å². The van der Waals surface area contributed by atoms with Crippen molar-refractivity contribution in [2.45, 2.75) is 18.4 Å². The molecule has 2 aliphatic heterocycles. The zero-order valence-corrected chi connectivity index (χ0v) is 15.9. The highest BCUT2D eigenvalue weighted by Gasteiger charge is 2.47. The Morgan fingerprint density at radius 2 is 1.86 bits per heavy atom. The molecule has 2 aromatic rings. The molecule has 0 unspecified atom stereocenters. The van der Waals surface area contributed by atoms with Crippen LogP contribution in [-0.2, 0) is 10.3 Å². The number of piperidine rings is 1. The van der Waals surface area contributed by atoms with Crippen molar-refractivity contribution in [2.24, 2.45) is 0 Å². The van der Waals surface area contributed by atoms with Gasteiger partial charge in [-0.25, -0.2) is 9.59 Å². The molecule has 146 valence electrons. The maximum atomic E-state index is 12.7. The number of hydrogen-bond acceptors (Lipinski definition) is 5. The number of urea groups is 1. The number of methoxy groups -OCH3 is 2. The van der Waals surface area contributed by atoms with Crippen LogP contribution in [0.25, 0.3) is 0 Å². The summed E-state index contributed by atoms with van der Waals surface area (Å²) in [7, 11) is 3.12. The van der Waals surface area contributed by atoms with Crippen LogP contribution in [0.5, 0.6) is 11.5 Å². The molecule has 2 aromatic carbocycles. The van der Waals surface area contributed by atoms with Crippen LogP contribution < -0.4 is 14.8 Å². The molecule has 0 saturated carbocycles. The molecule has 0 bridgehead atoms. The van der Waals surface area contributed by atoms with Crippen molar-refractivity contribution in [1.82, 2.24) is 4.90 Å². The third-order valence-corrected chi connectivity index (χ3v) is 5.43. The largest absolute Gasteiger partial charge is 0.497 e. The van der Waals surface area contributed by atoms with Crippen LogP contribution in [0.1, 0.15) is 28.8 Å². The van der Waals surface area contributed by atoms with E-state index in [1.165, 1.54) is 0 Å². The van der Waals surface area contributed by atoms with Crippen LogP contribution in [-0.4, -0.2) is 44.2 Å². The Morgan fingerprint density at radius 1 is 1.11 bits per heavy atom. The average molecular weight is 382 g/mol. The summed E-state index contributed by atoms with van der Waals surface area (Å²) in [5.74, 6) is 0.896. The number of rotatable bonds is 3. The lowest BCUT2D eigenvalue weighted by Crippen LogP contribution is -2.46. The Bertz CT molecular complexity index is 919. The summed E-state index contributed by atoms with van der Waals surface area (Å²) in [6.07, 6.45) is 1.14. The molecular weight excluding hydrogens is 360 g/mol. The molecule has 7 nitrogen and oxygen atoms in total. The monoisotopic (exact) mass is 382 g/mol. The molecule has 0 aromatic heterocycles. The predicted octanol–water partition coefficient (Wildman–Crippen LogP) is 3.40. The van der Waals surface area contributed by atoms with Gasteiger partial charge in [-0.3, -0.25) is 0 Å². The van der Waals surface area contributed by atoms with Gasteiger partial charge in [0.1, 0.15) is 17.1 Å². The van der Waals surface area contributed by atoms with Crippen LogP contribution in [0, 0.1) is 0 Å². The minimum absolute atomic E-state index is 0.212. The first-order chi connectivity index (χ1) is 13.6. The average Bonchev–Trinajstić information content (AvgIpc) is 3.00. The Balaban J connectivity index is 1.45. The van der Waals surface area contributed by atoms with Crippen molar-refractivity contribution in [3.8, 4) is 11.5 Å². The lowest BCUT2D eigenvalue weighted by molar-refractivity contribution is -0.0363. The molecule has 28 heavy (non-hydrogen) atoms. The van der Waals surface area contributed by atoms with Gasteiger partial charge in [0.15, 0.2) is 0 Å². The van der Waals surface area contributed by atoms with Crippen molar-refractivity contribution in [1.29, 1.82) is 0 Å². The normalized spacial score (nSPS) is 17.1. The molecule has 0 atom stereocenters. The lowest BCUT2D eigenvalue weighted by Gasteiger charge is -2.38. The summed E-state index contributed by atoms with van der Waals surface area (Å²) >= 11 is 0. The van der Waals surface area contributed by atoms with Crippen molar-refractivity contribution >= 4 is 17.7 Å². The summed E-state index contributed by atoms with van der Waals surface area (Å²) in [5.41, 5.74) is 1.51. The minimum Gasteiger partial charge on any atom is -0.497 e. The molecule has 0 radical (unpaired) electrons. The number of hydrogen-bond donors (Lipinski definition) is 1. The Hall–Kier alpha value is -3.22. The molecule has 2 aliphatic rings. The van der Waals surface area contributed by atoms with E-state index in [0.717, 1.165) is 5.56 Å². The lowest BCUT2D eigenvalue weighted by atomic mass is 9.84. The molecule has 1 N–H and O–H groups in total. The van der Waals surface area contributed by atoms with Gasteiger partial charge in [0, 0.05) is 37.6 Å². The highest BCUT2D eigenvalue weighted by molar-refractivity contribution is 5.95. The molecule has 1 spiro atoms. The van der Waals surface area contributed by atoms with Gasteiger partial charge >= 0.3 is 12.0 Å². The quantitative estimate of drug-likeness (QED) is 0.824. The number of fused-ring (bicyclic) bond motifs is 2. The molecule has 2 heterocycles. The van der Waals surface area contributed by atoms with E-state index in [1.807, 2.05) is 18.2 Å². The van der Waals surface area contributed by atoms with Gasteiger partial charge in [-0.05, 0) is 18.2 Å². The predicted molar refractivity (Wildman–Crippen MR) is 103 cm³/mol. The summed E-state index contributed by atoms with van der Waals surface area (Å²) in [5, 5.41) is 2.89. The smallest absolute Gasteiger partial charge is 0.339 e. The maximum Gasteiger partial charge on any atom is 0.339 e. The van der Waals surface area contributed by atoms with E-state index in [1.54, 1.807) is 43.4 Å². The number of likely N-dealkylation sites (tertiary alicyclic amines) is 1. The summed E-state index contributed by atoms with van der Waals surface area (Å²) in [6, 6.07) is 12.5. The van der Waals surface area contributed by atoms with E-state index in [9.17, 15) is 9.59 Å². The fourth-order valence-corrected chi connectivity index (χ4v) is 3.88. The van der Waals surface area contributed by atoms with Gasteiger partial charge in [0.25, 0.3) is 0 Å².